The molecule has 0 amide bonds. The topological polar surface area (TPSA) is 108 Å². The van der Waals surface area contributed by atoms with Gasteiger partial charge in [-0.25, -0.2) is 13.1 Å². The van der Waals surface area contributed by atoms with E-state index < -0.39 is 21.6 Å². The predicted molar refractivity (Wildman–Crippen MR) is 91.6 cm³/mol. The van der Waals surface area contributed by atoms with Crippen LogP contribution < -0.4 is 14.2 Å². The Balaban J connectivity index is 2.06. The van der Waals surface area contributed by atoms with Crippen LogP contribution >= 0.6 is 0 Å². The van der Waals surface area contributed by atoms with Gasteiger partial charge in [-0.2, -0.15) is 8.78 Å². The van der Waals surface area contributed by atoms with Crippen LogP contribution in [0.15, 0.2) is 47.4 Å². The van der Waals surface area contributed by atoms with E-state index in [9.17, 15) is 27.3 Å². The van der Waals surface area contributed by atoms with Crippen molar-refractivity contribution in [2.75, 3.05) is 13.7 Å². The van der Waals surface area contributed by atoms with Gasteiger partial charge in [0.2, 0.25) is 10.0 Å². The molecule has 0 aliphatic heterocycles. The van der Waals surface area contributed by atoms with Crippen molar-refractivity contribution in [1.29, 1.82) is 0 Å². The number of nitro benzene ring substituents is 1. The van der Waals surface area contributed by atoms with Crippen LogP contribution in [0.4, 0.5) is 14.5 Å². The maximum absolute atomic E-state index is 12.4. The van der Waals surface area contributed by atoms with Gasteiger partial charge in [-0.3, -0.25) is 10.1 Å². The molecule has 146 valence electrons. The van der Waals surface area contributed by atoms with E-state index in [0.717, 1.165) is 12.1 Å². The maximum Gasteiger partial charge on any atom is 0.387 e. The molecular formula is C16H16F2N2O6S. The van der Waals surface area contributed by atoms with Crippen LogP contribution in [0.2, 0.25) is 0 Å². The molecule has 0 spiro atoms. The highest BCUT2D eigenvalue weighted by atomic mass is 32.2. The summed E-state index contributed by atoms with van der Waals surface area (Å²) in [6.45, 7) is -2.93. The zero-order valence-electron chi connectivity index (χ0n) is 14.1. The number of hydrogen-bond acceptors (Lipinski definition) is 6. The fourth-order valence-corrected chi connectivity index (χ4v) is 3.45. The molecule has 0 fully saturated rings. The molecule has 1 N–H and O–H groups in total. The predicted octanol–water partition coefficient (Wildman–Crippen LogP) is 2.73. The second-order valence-corrected chi connectivity index (χ2v) is 7.00. The normalized spacial score (nSPS) is 11.4. The Labute approximate surface area is 153 Å². The number of methoxy groups -OCH3 is 1. The fraction of sp³-hybridized carbons (Fsp3) is 0.250. The molecule has 11 heteroatoms. The number of hydrogen-bond donors (Lipinski definition) is 1. The van der Waals surface area contributed by atoms with E-state index in [-0.39, 0.29) is 35.0 Å². The van der Waals surface area contributed by atoms with Gasteiger partial charge in [0.25, 0.3) is 5.69 Å². The third-order valence-electron chi connectivity index (χ3n) is 3.50. The van der Waals surface area contributed by atoms with Gasteiger partial charge in [0.15, 0.2) is 0 Å². The van der Waals surface area contributed by atoms with Crippen LogP contribution in [0.5, 0.6) is 11.5 Å². The van der Waals surface area contributed by atoms with Crippen molar-refractivity contribution in [1.82, 2.24) is 4.72 Å². The van der Waals surface area contributed by atoms with Crippen molar-refractivity contribution in [3.05, 3.63) is 58.1 Å². The molecule has 0 aromatic heterocycles. The van der Waals surface area contributed by atoms with Crippen LogP contribution in [-0.4, -0.2) is 33.6 Å². The van der Waals surface area contributed by atoms with Gasteiger partial charge in [0.1, 0.15) is 16.4 Å². The summed E-state index contributed by atoms with van der Waals surface area (Å²) in [6, 6.07) is 9.01. The number of sulfonamides is 1. The van der Waals surface area contributed by atoms with Crippen LogP contribution in [0.1, 0.15) is 5.56 Å². The van der Waals surface area contributed by atoms with Gasteiger partial charge in [-0.05, 0) is 30.2 Å². The molecule has 0 unspecified atom stereocenters. The Hall–Kier alpha value is -2.79. The summed E-state index contributed by atoms with van der Waals surface area (Å²) in [6.07, 6.45) is 0.269. The average Bonchev–Trinajstić information content (AvgIpc) is 2.62. The Bertz CT molecular complexity index is 904. The van der Waals surface area contributed by atoms with E-state index in [2.05, 4.69) is 9.46 Å². The number of alkyl halides is 2. The molecule has 0 aliphatic rings. The van der Waals surface area contributed by atoms with Crippen molar-refractivity contribution in [3.8, 4) is 11.5 Å². The number of benzene rings is 2. The average molecular weight is 402 g/mol. The number of ether oxygens (including phenoxy) is 2. The van der Waals surface area contributed by atoms with Crippen LogP contribution in [0, 0.1) is 10.1 Å². The number of nitro groups is 1. The summed E-state index contributed by atoms with van der Waals surface area (Å²) >= 11 is 0. The van der Waals surface area contributed by atoms with Gasteiger partial charge in [-0.1, -0.05) is 12.1 Å². The lowest BCUT2D eigenvalue weighted by atomic mass is 10.1. The minimum Gasteiger partial charge on any atom is -0.495 e. The summed E-state index contributed by atoms with van der Waals surface area (Å²) < 4.78 is 60.6. The number of non-ortho nitro benzene ring substituents is 1. The SMILES string of the molecule is COc1ccc([N+](=O)[O-])cc1S(=O)(=O)NCCc1ccc(OC(F)F)cc1. The molecule has 0 bridgehead atoms. The molecule has 0 atom stereocenters. The van der Waals surface area contributed by atoms with E-state index in [1.54, 1.807) is 0 Å². The fourth-order valence-electron chi connectivity index (χ4n) is 2.23. The summed E-state index contributed by atoms with van der Waals surface area (Å²) in [5.41, 5.74) is 0.302. The van der Waals surface area contributed by atoms with Gasteiger partial charge >= 0.3 is 6.61 Å². The third-order valence-corrected chi connectivity index (χ3v) is 4.98. The number of halogens is 2. The highest BCUT2D eigenvalue weighted by Gasteiger charge is 2.22. The molecule has 0 saturated carbocycles. The minimum atomic E-state index is -4.06. The molecule has 27 heavy (non-hydrogen) atoms. The molecule has 8 nitrogen and oxygen atoms in total. The van der Waals surface area contributed by atoms with Crippen molar-refractivity contribution < 1.29 is 31.6 Å². The Morgan fingerprint density at radius 1 is 1.19 bits per heavy atom. The van der Waals surface area contributed by atoms with Crippen LogP contribution in [0.25, 0.3) is 0 Å². The highest BCUT2D eigenvalue weighted by molar-refractivity contribution is 7.89. The smallest absolute Gasteiger partial charge is 0.387 e. The molecule has 2 aromatic rings. The van der Waals surface area contributed by atoms with Gasteiger partial charge in [0.05, 0.1) is 12.0 Å². The number of nitrogens with zero attached hydrogens (tertiary/aromatic N) is 1. The first-order valence-electron chi connectivity index (χ1n) is 7.59. The van der Waals surface area contributed by atoms with Crippen LogP contribution in [0.3, 0.4) is 0 Å². The molecule has 0 saturated heterocycles. The van der Waals surface area contributed by atoms with Crippen molar-refractivity contribution in [2.24, 2.45) is 0 Å². The monoisotopic (exact) mass is 402 g/mol. The molecule has 0 aliphatic carbocycles. The van der Waals surface area contributed by atoms with Gasteiger partial charge in [0, 0.05) is 18.7 Å². The van der Waals surface area contributed by atoms with Gasteiger partial charge in [-0.15, -0.1) is 0 Å². The first kappa shape index (κ1) is 20.5. The third kappa shape index (κ3) is 5.59. The summed E-state index contributed by atoms with van der Waals surface area (Å²) in [4.78, 5) is 9.81. The second kappa shape index (κ2) is 8.73. The first-order valence-corrected chi connectivity index (χ1v) is 9.07. The lowest BCUT2D eigenvalue weighted by Gasteiger charge is -2.11. The van der Waals surface area contributed by atoms with Crippen molar-refractivity contribution in [3.63, 3.8) is 0 Å². The summed E-state index contributed by atoms with van der Waals surface area (Å²) in [7, 11) is -2.80. The van der Waals surface area contributed by atoms with E-state index in [4.69, 9.17) is 4.74 Å². The van der Waals surface area contributed by atoms with E-state index in [0.29, 0.717) is 5.56 Å². The first-order chi connectivity index (χ1) is 12.7. The van der Waals surface area contributed by atoms with E-state index >= 15 is 0 Å². The Kier molecular flexibility index (Phi) is 6.64. The molecular weight excluding hydrogens is 386 g/mol. The lowest BCUT2D eigenvalue weighted by Crippen LogP contribution is -2.26. The summed E-state index contributed by atoms with van der Waals surface area (Å²) in [5.74, 6) is -0.0303. The van der Waals surface area contributed by atoms with Crippen molar-refractivity contribution in [2.45, 2.75) is 17.9 Å². The van der Waals surface area contributed by atoms with Gasteiger partial charge < -0.3 is 9.47 Å². The van der Waals surface area contributed by atoms with E-state index in [1.165, 1.54) is 37.4 Å². The molecule has 0 heterocycles. The maximum atomic E-state index is 12.4. The zero-order valence-corrected chi connectivity index (χ0v) is 14.9. The number of rotatable bonds is 9. The molecule has 2 rings (SSSR count). The molecule has 2 aromatic carbocycles. The van der Waals surface area contributed by atoms with Crippen LogP contribution in [-0.2, 0) is 16.4 Å². The van der Waals surface area contributed by atoms with E-state index in [1.807, 2.05) is 0 Å². The summed E-state index contributed by atoms with van der Waals surface area (Å²) in [5, 5.41) is 10.9. The highest BCUT2D eigenvalue weighted by Crippen LogP contribution is 2.28. The Morgan fingerprint density at radius 3 is 2.41 bits per heavy atom. The molecule has 0 radical (unpaired) electrons. The lowest BCUT2D eigenvalue weighted by molar-refractivity contribution is -0.385. The standard InChI is InChI=1S/C16H16F2N2O6S/c1-25-14-7-4-12(20(21)22)10-15(14)27(23,24)19-9-8-11-2-5-13(6-3-11)26-16(17)18/h2-7,10,16,19H,8-9H2,1H3. The Morgan fingerprint density at radius 2 is 1.85 bits per heavy atom. The van der Waals surface area contributed by atoms with Crippen molar-refractivity contribution >= 4 is 15.7 Å². The second-order valence-electron chi connectivity index (χ2n) is 5.26. The quantitative estimate of drug-likeness (QED) is 0.510. The number of nitrogens with one attached hydrogen (secondary N) is 1. The largest absolute Gasteiger partial charge is 0.495 e. The minimum absolute atomic E-state index is 0.00402. The zero-order chi connectivity index (χ0) is 20.0.